The number of anilines is 5. The number of aromatic nitrogens is 20. The topological polar surface area (TPSA) is 578 Å². The molecule has 20 atom stereocenters. The summed E-state index contributed by atoms with van der Waals surface area (Å²) in [4.78, 5) is 65.4. The summed E-state index contributed by atoms with van der Waals surface area (Å²) in [6, 6.07) is 0.182. The fraction of sp³-hybridized carbons (Fsp3) is 0.622. The first-order valence-corrected chi connectivity index (χ1v) is 62.6. The maximum absolute atomic E-state index is 10.7. The number of allylic oxidation sites excluding steroid dienone is 2. The molecule has 15 heterocycles. The molecule has 0 aliphatic carbocycles. The average Bonchev–Trinajstić information content (AvgIpc) is 1.63. The fourth-order valence-electron chi connectivity index (χ4n) is 16.0. The number of aryl methyl sites for hydroxylation is 3. The highest BCUT2D eigenvalue weighted by Crippen LogP contribution is 2.47. The van der Waals surface area contributed by atoms with Crippen molar-refractivity contribution in [3.63, 3.8) is 0 Å². The maximum atomic E-state index is 10.7. The molecule has 137 heavy (non-hydrogen) atoms. The molecule has 758 valence electrons. The van der Waals surface area contributed by atoms with E-state index in [9.17, 15) is 51.1 Å². The second-order valence-corrected chi connectivity index (χ2v) is 61.6. The number of nitrogens with zero attached hydrogens (tertiary/aromatic N) is 20. The molecule has 0 spiro atoms. The number of rotatable bonds is 33. The average molecular weight is 2020 g/mol. The van der Waals surface area contributed by atoms with E-state index in [0.29, 0.717) is 141 Å². The van der Waals surface area contributed by atoms with Gasteiger partial charge in [-0.2, -0.15) is 9.97 Å². The number of hydrogen-bond donors (Lipinski definition) is 15. The molecule has 5 aliphatic rings. The summed E-state index contributed by atoms with van der Waals surface area (Å²) in [5.41, 5.74) is 25.4. The van der Waals surface area contributed by atoms with Crippen molar-refractivity contribution in [1.29, 1.82) is 0 Å². The van der Waals surface area contributed by atoms with Crippen molar-refractivity contribution in [2.24, 2.45) is 0 Å². The van der Waals surface area contributed by atoms with E-state index in [-0.39, 0.29) is 17.6 Å². The summed E-state index contributed by atoms with van der Waals surface area (Å²) in [7, 11) is 1.50. The van der Waals surface area contributed by atoms with Crippen LogP contribution in [0.1, 0.15) is 141 Å². The maximum Gasteiger partial charge on any atom is 0.320 e. The van der Waals surface area contributed by atoms with Crippen LogP contribution >= 0.6 is 46.2 Å². The van der Waals surface area contributed by atoms with Crippen molar-refractivity contribution in [2.75, 3.05) is 152 Å². The monoisotopic (exact) mass is 2020 g/mol. The number of ether oxygens (including phenoxy) is 6. The summed E-state index contributed by atoms with van der Waals surface area (Å²) < 4.78 is 43.5. The van der Waals surface area contributed by atoms with Gasteiger partial charge in [0, 0.05) is 19.5 Å². The third kappa shape index (κ3) is 27.8. The van der Waals surface area contributed by atoms with Crippen molar-refractivity contribution >= 4 is 163 Å². The Hall–Kier alpha value is -7.72. The zero-order valence-corrected chi connectivity index (χ0v) is 87.7. The number of aliphatic hydroxyl groups excluding tert-OH is 10. The van der Waals surface area contributed by atoms with Gasteiger partial charge < -0.3 is 107 Å². The number of aliphatic hydroxyl groups is 10. The van der Waals surface area contributed by atoms with Gasteiger partial charge in [-0.15, -0.1) is 65.9 Å². The zero-order valence-electron chi connectivity index (χ0n) is 82.4. The summed E-state index contributed by atoms with van der Waals surface area (Å²) in [5.74, 6) is 3.73. The minimum absolute atomic E-state index is 0.182. The summed E-state index contributed by atoms with van der Waals surface area (Å²) in [6.45, 7) is 30.4. The van der Waals surface area contributed by atoms with E-state index in [1.807, 2.05) is 6.26 Å². The van der Waals surface area contributed by atoms with E-state index >= 15 is 0 Å². The van der Waals surface area contributed by atoms with Gasteiger partial charge in [0.25, 0.3) is 0 Å². The molecule has 0 aromatic carbocycles. The van der Waals surface area contributed by atoms with Crippen LogP contribution in [0.2, 0.25) is 0 Å². The molecule has 15 rings (SSSR count). The Balaban J connectivity index is 0.000000165. The molecule has 0 saturated carbocycles. The number of thioether (sulfide) groups is 1. The predicted molar refractivity (Wildman–Crippen MR) is 558 cm³/mol. The van der Waals surface area contributed by atoms with Gasteiger partial charge in [0.1, 0.15) is 95.1 Å². The second kappa shape index (κ2) is 46.6. The predicted octanol–water partition coefficient (Wildman–Crippen LogP) is 7.70. The van der Waals surface area contributed by atoms with Crippen LogP contribution in [0.25, 0.3) is 55.8 Å². The van der Waals surface area contributed by atoms with Crippen LogP contribution in [0.5, 0.6) is 6.01 Å². The number of unbranched alkanes of at least 4 members (excludes halogenated alkanes) is 1. The SMILES string of the molecule is C=P(C)(C)CCC1OC(n2cnc3c(N)nc(C)nc32)[C@H](O)[C@@H]1O.C=P(C)(C)CCC1OC(n2cnc3c(N)nc(C)nc32)[C@H](O)[C@@H]1O.C=P(C)(C)CCC1OC(n2cnc3c(N)nc(CCCC)nc32)[C@H](O)[C@@H]1O.C=P(C)(C)CCC1OC(n2cnc3c(NC/C=C(/C)CC)nc(OC)nc32)[C@H](O)[C@@H]1O.C=P(C)(C)CCC1OC(n2cnc3c(NC/C=C(/C)CC)nc(SC)nc32)[C@H](O)[C@@H]1O. The minimum atomic E-state index is -1.26. The molecule has 5 aliphatic heterocycles. The first-order chi connectivity index (χ1) is 64.3. The summed E-state index contributed by atoms with van der Waals surface area (Å²) >= 11 is 1.43. The van der Waals surface area contributed by atoms with Crippen LogP contribution < -0.4 is 32.6 Å². The Morgan fingerprint density at radius 1 is 0.401 bits per heavy atom. The lowest BCUT2D eigenvalue weighted by atomic mass is 10.1. The Kier molecular flexibility index (Phi) is 37.3. The third-order valence-electron chi connectivity index (χ3n) is 24.2. The number of imidazole rings is 5. The van der Waals surface area contributed by atoms with Gasteiger partial charge in [-0.1, -0.05) is 62.3 Å². The van der Waals surface area contributed by atoms with E-state index in [0.717, 1.165) is 62.9 Å². The van der Waals surface area contributed by atoms with Crippen molar-refractivity contribution < 1.29 is 79.5 Å². The van der Waals surface area contributed by atoms with E-state index < -0.39 is 157 Å². The number of nitrogen functional groups attached to an aromatic ring is 3. The van der Waals surface area contributed by atoms with E-state index in [2.05, 4.69) is 230 Å². The van der Waals surface area contributed by atoms with Gasteiger partial charge in [-0.25, -0.2) is 64.8 Å². The van der Waals surface area contributed by atoms with Gasteiger partial charge in [-0.3, -0.25) is 22.8 Å². The standard InChI is InChI=1S/C21H34N5O4P.C21H34N5O3PS.C18H30N5O3P.2C15H24N5O3P/c1-7-13(2)8-10-22-18-15-19(25-21(24-18)29-3)26(12-23-15)20-17(28)16(27)14(30-20)9-11-31(4,5)6;1-7-13(2)8-10-22-18-15-19(25-21(24-18)31-6)26(12-23-15)20-17(28)16(27)14(29-20)9-11-30(3,4)5;1-5-6-7-12-21-16(19)13-17(22-12)23(10-20-13)18-15(25)14(24)11(26-18)8-9-27(2,3)4;2*1-8-18-13(16)10-14(19-8)20(7-17-10)15-12(22)11(21)9(23-15)5-6-24(2,3)4/h8,12,14,16-17,20,27-28H,4,7,9-11H2,1-3,5-6H3,(H,22,24,25);8,12,14,16-17,20,27-28H,3,7,9-11H2,1-2,4-6H3,(H,22,24,25);10-11,14-15,18,24-25H,2,5-9H2,1,3-4H3,(H2,19,21,22);2*7,9,11-12,15,21-22H,2,5-6H2,1,3-4H3,(H2,16,18,19)/b2*13-8-;;;/t2*14?,16-,17-,20?;11?,14-,15-,18?;2*9?,11-,12-,15?/m11111/s1. The van der Waals surface area contributed by atoms with Crippen molar-refractivity contribution in [3.05, 3.63) is 72.4 Å². The third-order valence-corrected chi connectivity index (χ3v) is 32.1. The fourth-order valence-corrected chi connectivity index (χ4v) is 21.1. The van der Waals surface area contributed by atoms with Crippen LogP contribution in [-0.2, 0) is 30.1 Å². The molecule has 5 saturated heterocycles. The van der Waals surface area contributed by atoms with Gasteiger partial charge in [0.15, 0.2) is 105 Å². The largest absolute Gasteiger partial charge is 0.467 e. The zero-order chi connectivity index (χ0) is 101. The summed E-state index contributed by atoms with van der Waals surface area (Å²) in [5, 5.41) is 112. The van der Waals surface area contributed by atoms with Crippen LogP contribution in [-0.4, -0.2) is 396 Å². The molecule has 0 radical (unpaired) electrons. The number of nitrogens with one attached hydrogen (secondary N) is 2. The lowest BCUT2D eigenvalue weighted by Gasteiger charge is -2.18. The van der Waals surface area contributed by atoms with Crippen LogP contribution in [0.3, 0.4) is 0 Å². The van der Waals surface area contributed by atoms with Crippen molar-refractivity contribution in [1.82, 2.24) is 97.6 Å². The second-order valence-electron chi connectivity index (χ2n) is 39.2. The highest BCUT2D eigenvalue weighted by Gasteiger charge is 2.50. The first-order valence-electron chi connectivity index (χ1n) is 46.1. The van der Waals surface area contributed by atoms with Gasteiger partial charge >= 0.3 is 6.01 Å². The smallest absolute Gasteiger partial charge is 0.320 e. The first kappa shape index (κ1) is 110. The highest BCUT2D eigenvalue weighted by atomic mass is 32.2. The number of nitrogens with two attached hydrogens (primary N) is 3. The Labute approximate surface area is 805 Å². The lowest BCUT2D eigenvalue weighted by Crippen LogP contribution is -2.31. The van der Waals surface area contributed by atoms with Crippen LogP contribution in [0.15, 0.2) is 60.1 Å². The lowest BCUT2D eigenvalue weighted by molar-refractivity contribution is -0.0353. The van der Waals surface area contributed by atoms with Crippen LogP contribution in [0, 0.1) is 13.8 Å². The van der Waals surface area contributed by atoms with E-state index in [4.69, 9.17) is 45.6 Å². The highest BCUT2D eigenvalue weighted by molar-refractivity contribution is 7.98. The Morgan fingerprint density at radius 2 is 0.679 bits per heavy atom. The molecule has 10 unspecified atom stereocenters. The Morgan fingerprint density at radius 3 is 0.964 bits per heavy atom. The number of methoxy groups -OCH3 is 1. The molecule has 0 bridgehead atoms. The van der Waals surface area contributed by atoms with Crippen molar-refractivity contribution in [2.45, 2.75) is 241 Å². The van der Waals surface area contributed by atoms with E-state index in [1.54, 1.807) is 55.7 Å². The molecular weight excluding hydrogens is 1870 g/mol. The molecule has 5 fully saturated rings. The van der Waals surface area contributed by atoms with Gasteiger partial charge in [0.05, 0.1) is 69.3 Å². The molecular formula is C90H146N25O16P5S. The van der Waals surface area contributed by atoms with Crippen molar-refractivity contribution in [3.8, 4) is 6.01 Å². The number of hydrogen-bond acceptors (Lipinski definition) is 37. The molecule has 10 aromatic rings. The molecule has 41 nitrogen and oxygen atoms in total. The quantitative estimate of drug-likeness (QED) is 0.00810. The molecule has 10 aromatic heterocycles. The summed E-state index contributed by atoms with van der Waals surface area (Å²) in [6.07, 6.45) is 31.0. The van der Waals surface area contributed by atoms with Gasteiger partial charge in [-0.05, 0) is 183 Å². The Bertz CT molecular complexity index is 5820. The normalized spacial score (nSPS) is 26.1. The molecule has 47 heteroatoms. The van der Waals surface area contributed by atoms with Crippen LogP contribution in [0.4, 0.5) is 29.1 Å². The van der Waals surface area contributed by atoms with E-state index in [1.165, 1.54) is 42.7 Å². The van der Waals surface area contributed by atoms with Gasteiger partial charge in [0.2, 0.25) is 0 Å². The molecule has 0 amide bonds. The minimum Gasteiger partial charge on any atom is -0.467 e. The number of fused-ring (bicyclic) bond motifs is 5. The molecule has 18 N–H and O–H groups in total.